The predicted molar refractivity (Wildman–Crippen MR) is 93.3 cm³/mol. The van der Waals surface area contributed by atoms with Crippen LogP contribution in [0.1, 0.15) is 22.3 Å². The molecule has 0 fully saturated rings. The van der Waals surface area contributed by atoms with Crippen molar-refractivity contribution in [3.63, 3.8) is 0 Å². The number of aliphatic hydroxyl groups excluding tert-OH is 1. The Kier molecular flexibility index (Phi) is 5.12. The number of carbonyl (C=O) groups is 1. The molecular formula is C20H18N2O3. The van der Waals surface area contributed by atoms with Gasteiger partial charge in [0.05, 0.1) is 11.1 Å². The van der Waals surface area contributed by atoms with E-state index in [0.29, 0.717) is 29.0 Å². The third-order valence-corrected chi connectivity index (χ3v) is 4.08. The van der Waals surface area contributed by atoms with Crippen molar-refractivity contribution in [2.45, 2.75) is 12.5 Å². The second-order valence-electron chi connectivity index (χ2n) is 5.85. The van der Waals surface area contributed by atoms with E-state index in [2.05, 4.69) is 11.4 Å². The van der Waals surface area contributed by atoms with E-state index in [4.69, 9.17) is 4.74 Å². The molecule has 3 rings (SSSR count). The van der Waals surface area contributed by atoms with Crippen LogP contribution >= 0.6 is 0 Å². The molecule has 1 amide bonds. The van der Waals surface area contributed by atoms with Crippen LogP contribution in [0.25, 0.3) is 0 Å². The van der Waals surface area contributed by atoms with Crippen molar-refractivity contribution in [3.8, 4) is 17.6 Å². The number of amides is 1. The molecule has 5 heteroatoms. The smallest absolute Gasteiger partial charge is 0.255 e. The van der Waals surface area contributed by atoms with Crippen molar-refractivity contribution in [2.75, 3.05) is 6.61 Å². The fraction of sp³-hybridized carbons (Fsp3) is 0.200. The highest BCUT2D eigenvalue weighted by Gasteiger charge is 2.22. The van der Waals surface area contributed by atoms with E-state index < -0.39 is 0 Å². The monoisotopic (exact) mass is 334 g/mol. The molecule has 0 aromatic heterocycles. The van der Waals surface area contributed by atoms with Crippen LogP contribution in [0.15, 0.2) is 60.7 Å². The van der Waals surface area contributed by atoms with Gasteiger partial charge in [-0.1, -0.05) is 36.4 Å². The number of hydrogen-bond acceptors (Lipinski definition) is 4. The fourth-order valence-corrected chi connectivity index (χ4v) is 2.77. The van der Waals surface area contributed by atoms with Crippen LogP contribution in [-0.2, 0) is 0 Å². The van der Waals surface area contributed by atoms with Gasteiger partial charge in [-0.15, -0.1) is 0 Å². The third-order valence-electron chi connectivity index (χ3n) is 4.08. The largest absolute Gasteiger partial charge is 0.455 e. The van der Waals surface area contributed by atoms with E-state index in [9.17, 15) is 15.2 Å². The molecule has 0 heterocycles. The van der Waals surface area contributed by atoms with Gasteiger partial charge < -0.3 is 15.2 Å². The maximum atomic E-state index is 12.6. The van der Waals surface area contributed by atoms with E-state index >= 15 is 0 Å². The van der Waals surface area contributed by atoms with E-state index in [0.717, 1.165) is 0 Å². The van der Waals surface area contributed by atoms with Gasteiger partial charge in [-0.25, -0.2) is 0 Å². The van der Waals surface area contributed by atoms with Crippen LogP contribution in [0, 0.1) is 17.2 Å². The summed E-state index contributed by atoms with van der Waals surface area (Å²) in [6.07, 6.45) is 4.49. The predicted octanol–water partition coefficient (Wildman–Crippen LogP) is 3.02. The topological polar surface area (TPSA) is 82.3 Å². The van der Waals surface area contributed by atoms with Gasteiger partial charge in [-0.05, 0) is 30.7 Å². The number of aliphatic hydroxyl groups is 1. The van der Waals surface area contributed by atoms with Crippen molar-refractivity contribution in [3.05, 3.63) is 71.8 Å². The summed E-state index contributed by atoms with van der Waals surface area (Å²) in [4.78, 5) is 12.6. The van der Waals surface area contributed by atoms with Gasteiger partial charge >= 0.3 is 0 Å². The van der Waals surface area contributed by atoms with Gasteiger partial charge in [-0.2, -0.15) is 5.26 Å². The molecule has 25 heavy (non-hydrogen) atoms. The van der Waals surface area contributed by atoms with Crippen LogP contribution in [0.2, 0.25) is 0 Å². The van der Waals surface area contributed by atoms with E-state index in [-0.39, 0.29) is 24.5 Å². The highest BCUT2D eigenvalue weighted by Crippen LogP contribution is 2.28. The summed E-state index contributed by atoms with van der Waals surface area (Å²) in [5.74, 6) is 0.632. The van der Waals surface area contributed by atoms with Crippen LogP contribution in [0.4, 0.5) is 0 Å². The second kappa shape index (κ2) is 7.65. The Bertz CT molecular complexity index is 839. The average molecular weight is 334 g/mol. The summed E-state index contributed by atoms with van der Waals surface area (Å²) >= 11 is 0. The summed E-state index contributed by atoms with van der Waals surface area (Å²) in [6, 6.07) is 15.8. The molecule has 2 aromatic rings. The number of rotatable bonds is 5. The number of benzene rings is 2. The van der Waals surface area contributed by atoms with Crippen molar-refractivity contribution in [1.82, 2.24) is 5.32 Å². The van der Waals surface area contributed by atoms with E-state index in [1.807, 2.05) is 12.2 Å². The number of carbonyl (C=O) groups excluding carboxylic acids is 1. The minimum absolute atomic E-state index is 0.0769. The first-order chi connectivity index (χ1) is 12.2. The van der Waals surface area contributed by atoms with Crippen molar-refractivity contribution < 1.29 is 14.6 Å². The molecule has 0 aliphatic heterocycles. The lowest BCUT2D eigenvalue weighted by atomic mass is 10.1. The van der Waals surface area contributed by atoms with Gasteiger partial charge in [0.15, 0.2) is 0 Å². The number of hydrogen-bond donors (Lipinski definition) is 2. The molecule has 2 aromatic carbocycles. The Labute approximate surface area is 146 Å². The lowest BCUT2D eigenvalue weighted by molar-refractivity contribution is 0.0938. The van der Waals surface area contributed by atoms with E-state index in [1.54, 1.807) is 48.5 Å². The maximum Gasteiger partial charge on any atom is 0.255 e. The zero-order valence-corrected chi connectivity index (χ0v) is 13.6. The molecule has 0 saturated heterocycles. The Morgan fingerprint density at radius 3 is 2.60 bits per heavy atom. The van der Waals surface area contributed by atoms with Gasteiger partial charge in [0.1, 0.15) is 17.6 Å². The van der Waals surface area contributed by atoms with Gasteiger partial charge in [0.25, 0.3) is 5.91 Å². The van der Waals surface area contributed by atoms with Crippen molar-refractivity contribution in [1.29, 1.82) is 5.26 Å². The normalized spacial score (nSPS) is 18.6. The van der Waals surface area contributed by atoms with Gasteiger partial charge in [-0.3, -0.25) is 4.79 Å². The molecule has 2 N–H and O–H groups in total. The van der Waals surface area contributed by atoms with Crippen LogP contribution in [-0.4, -0.2) is 23.7 Å². The van der Waals surface area contributed by atoms with Gasteiger partial charge in [0, 0.05) is 18.6 Å². The Morgan fingerprint density at radius 2 is 1.88 bits per heavy atom. The Balaban J connectivity index is 1.78. The fourth-order valence-electron chi connectivity index (χ4n) is 2.77. The molecule has 0 radical (unpaired) electrons. The summed E-state index contributed by atoms with van der Waals surface area (Å²) < 4.78 is 5.82. The molecule has 0 spiro atoms. The molecule has 0 saturated carbocycles. The molecule has 1 aliphatic rings. The summed E-state index contributed by atoms with van der Waals surface area (Å²) in [5.41, 5.74) is 0.804. The highest BCUT2D eigenvalue weighted by molar-refractivity contribution is 5.97. The zero-order chi connectivity index (χ0) is 17.6. The minimum atomic E-state index is -0.252. The molecule has 2 atom stereocenters. The lowest BCUT2D eigenvalue weighted by Gasteiger charge is -2.15. The third kappa shape index (κ3) is 3.87. The number of nitriles is 1. The average Bonchev–Trinajstić information content (AvgIpc) is 3.10. The van der Waals surface area contributed by atoms with Crippen LogP contribution < -0.4 is 10.1 Å². The lowest BCUT2D eigenvalue weighted by Crippen LogP contribution is -2.33. The van der Waals surface area contributed by atoms with Crippen LogP contribution in [0.5, 0.6) is 11.5 Å². The first-order valence-electron chi connectivity index (χ1n) is 8.07. The summed E-state index contributed by atoms with van der Waals surface area (Å²) in [6.45, 7) is 0.0769. The van der Waals surface area contributed by atoms with Crippen molar-refractivity contribution in [2.24, 2.45) is 5.92 Å². The minimum Gasteiger partial charge on any atom is -0.455 e. The maximum absolute atomic E-state index is 12.6. The molecule has 0 unspecified atom stereocenters. The number of nitrogens with zero attached hydrogens (tertiary/aromatic N) is 1. The number of nitrogens with one attached hydrogen (secondary N) is 1. The number of para-hydroxylation sites is 2. The molecule has 126 valence electrons. The van der Waals surface area contributed by atoms with E-state index in [1.165, 1.54) is 0 Å². The Morgan fingerprint density at radius 1 is 1.16 bits per heavy atom. The van der Waals surface area contributed by atoms with Crippen LogP contribution in [0.3, 0.4) is 0 Å². The molecule has 5 nitrogen and oxygen atoms in total. The zero-order valence-electron chi connectivity index (χ0n) is 13.6. The standard InChI is InChI=1S/C20H18N2O3/c21-12-15-5-1-3-7-18(15)25-19-8-4-2-6-17(19)20(24)22-16-10-9-14(11-16)13-23/h1-10,14,16,23H,11,13H2,(H,22,24)/t14-,16+/m0/s1. The molecule has 1 aliphatic carbocycles. The quantitative estimate of drug-likeness (QED) is 0.824. The summed E-state index contributed by atoms with van der Waals surface area (Å²) in [5, 5.41) is 21.3. The van der Waals surface area contributed by atoms with Gasteiger partial charge in [0.2, 0.25) is 0 Å². The molecule has 0 bridgehead atoms. The first-order valence-corrected chi connectivity index (χ1v) is 8.07. The highest BCUT2D eigenvalue weighted by atomic mass is 16.5. The first kappa shape index (κ1) is 16.7. The SMILES string of the molecule is N#Cc1ccccc1Oc1ccccc1C(=O)N[C@@H]1C=C[C@H](CO)C1. The molecular weight excluding hydrogens is 316 g/mol. The second-order valence-corrected chi connectivity index (χ2v) is 5.85. The van der Waals surface area contributed by atoms with Crippen molar-refractivity contribution >= 4 is 5.91 Å². The Hall–Kier alpha value is -3.10. The number of ether oxygens (including phenoxy) is 1. The summed E-state index contributed by atoms with van der Waals surface area (Å²) in [7, 11) is 0.